The Morgan fingerprint density at radius 2 is 1.86 bits per heavy atom. The molecule has 2 aliphatic rings. The van der Waals surface area contributed by atoms with Gasteiger partial charge in [-0.1, -0.05) is 56.3 Å². The van der Waals surface area contributed by atoms with Gasteiger partial charge in [-0.2, -0.15) is 8.78 Å². The van der Waals surface area contributed by atoms with Crippen LogP contribution in [0.4, 0.5) is 8.78 Å². The molecular formula is C24H24F2O2. The number of halogens is 2. The molecular weight excluding hydrogens is 358 g/mol. The van der Waals surface area contributed by atoms with Crippen LogP contribution in [-0.4, -0.2) is 5.97 Å². The third-order valence-electron chi connectivity index (χ3n) is 6.29. The smallest absolute Gasteiger partial charge is 0.310 e. The normalized spacial score (nSPS) is 21.7. The molecule has 2 aromatic carbocycles. The van der Waals surface area contributed by atoms with Crippen molar-refractivity contribution in [2.75, 3.05) is 0 Å². The van der Waals surface area contributed by atoms with Crippen LogP contribution in [0.1, 0.15) is 37.0 Å². The van der Waals surface area contributed by atoms with E-state index in [1.54, 1.807) is 0 Å². The molecule has 0 amide bonds. The number of hydrogen-bond donors (Lipinski definition) is 0. The van der Waals surface area contributed by atoms with Gasteiger partial charge in [0.25, 0.3) is 6.08 Å². The van der Waals surface area contributed by atoms with E-state index in [4.69, 9.17) is 4.74 Å². The summed E-state index contributed by atoms with van der Waals surface area (Å²) in [5, 5.41) is 0. The first-order valence-corrected chi connectivity index (χ1v) is 9.78. The number of benzene rings is 2. The Bertz CT molecular complexity index is 941. The Morgan fingerprint density at radius 3 is 2.64 bits per heavy atom. The highest BCUT2D eigenvalue weighted by molar-refractivity contribution is 5.78. The van der Waals surface area contributed by atoms with Gasteiger partial charge in [-0.15, -0.1) is 0 Å². The maximum atomic E-state index is 12.6. The fraction of sp³-hybridized carbons (Fsp3) is 0.375. The van der Waals surface area contributed by atoms with E-state index in [-0.39, 0.29) is 12.6 Å². The number of allylic oxidation sites excluding steroid dienone is 1. The summed E-state index contributed by atoms with van der Waals surface area (Å²) in [7, 11) is 0. The maximum absolute atomic E-state index is 12.6. The van der Waals surface area contributed by atoms with E-state index in [0.29, 0.717) is 0 Å². The van der Waals surface area contributed by atoms with E-state index in [2.05, 4.69) is 24.3 Å². The number of aryl methyl sites for hydroxylation is 1. The van der Waals surface area contributed by atoms with Crippen molar-refractivity contribution in [1.82, 2.24) is 0 Å². The average molecular weight is 382 g/mol. The molecule has 2 atom stereocenters. The van der Waals surface area contributed by atoms with Crippen molar-refractivity contribution in [2.45, 2.75) is 39.7 Å². The molecule has 2 nitrogen and oxygen atoms in total. The molecule has 0 unspecified atom stereocenters. The Kier molecular flexibility index (Phi) is 4.82. The molecule has 0 aliphatic heterocycles. The monoisotopic (exact) mass is 382 g/mol. The predicted molar refractivity (Wildman–Crippen MR) is 105 cm³/mol. The van der Waals surface area contributed by atoms with E-state index in [1.807, 2.05) is 32.0 Å². The van der Waals surface area contributed by atoms with Crippen molar-refractivity contribution in [1.29, 1.82) is 0 Å². The van der Waals surface area contributed by atoms with Crippen molar-refractivity contribution < 1.29 is 18.3 Å². The summed E-state index contributed by atoms with van der Waals surface area (Å²) in [4.78, 5) is 12.5. The Hall–Kier alpha value is -2.49. The lowest BCUT2D eigenvalue weighted by atomic mass is 9.93. The lowest BCUT2D eigenvalue weighted by Crippen LogP contribution is -2.11. The molecule has 1 saturated carbocycles. The van der Waals surface area contributed by atoms with E-state index >= 15 is 0 Å². The fourth-order valence-electron chi connectivity index (χ4n) is 4.59. The van der Waals surface area contributed by atoms with E-state index in [9.17, 15) is 13.6 Å². The van der Waals surface area contributed by atoms with E-state index in [0.717, 1.165) is 30.9 Å². The number of carbonyl (C=O) groups is 1. The van der Waals surface area contributed by atoms with Crippen LogP contribution >= 0.6 is 0 Å². The highest BCUT2D eigenvalue weighted by Gasteiger charge is 2.62. The molecule has 146 valence electrons. The molecule has 1 fully saturated rings. The molecule has 0 saturated heterocycles. The number of hydrogen-bond acceptors (Lipinski definition) is 2. The van der Waals surface area contributed by atoms with Crippen LogP contribution < -0.4 is 0 Å². The van der Waals surface area contributed by atoms with Gasteiger partial charge in [-0.25, -0.2) is 0 Å². The van der Waals surface area contributed by atoms with Crippen LogP contribution in [0.2, 0.25) is 0 Å². The lowest BCUT2D eigenvalue weighted by molar-refractivity contribution is -0.147. The van der Waals surface area contributed by atoms with Gasteiger partial charge in [-0.05, 0) is 58.6 Å². The van der Waals surface area contributed by atoms with Gasteiger partial charge in [0.1, 0.15) is 6.61 Å². The average Bonchev–Trinajstić information content (AvgIpc) is 3.26. The zero-order valence-electron chi connectivity index (χ0n) is 16.2. The minimum absolute atomic E-state index is 0.186. The molecule has 0 heterocycles. The van der Waals surface area contributed by atoms with Crippen molar-refractivity contribution in [2.24, 2.45) is 17.3 Å². The van der Waals surface area contributed by atoms with E-state index < -0.39 is 23.3 Å². The summed E-state index contributed by atoms with van der Waals surface area (Å²) in [5.41, 5.74) is 5.54. The van der Waals surface area contributed by atoms with Crippen LogP contribution in [0, 0.1) is 17.3 Å². The van der Waals surface area contributed by atoms with Crippen LogP contribution in [0.3, 0.4) is 0 Å². The third-order valence-corrected chi connectivity index (χ3v) is 6.29. The van der Waals surface area contributed by atoms with E-state index in [1.165, 1.54) is 22.3 Å². The Morgan fingerprint density at radius 1 is 1.11 bits per heavy atom. The summed E-state index contributed by atoms with van der Waals surface area (Å²) >= 11 is 0. The standard InChI is InChI=1S/C24H24F2O2/c1-24(2)20(13-21(25)26)22(24)23(27)28-14-16-9-6-12-19-17-10-4-3-7-15(17)8-5-11-18(16)19/h3-4,6-7,9-10,12-13,20,22H,5,8,11,14H2,1-2H3/t20-,22+/m1/s1. The summed E-state index contributed by atoms with van der Waals surface area (Å²) in [6, 6.07) is 14.5. The SMILES string of the molecule is CC1(C)[C@H](C=C(F)F)[C@H]1C(=O)OCc1cccc2c1CCCc1ccccc1-2. The summed E-state index contributed by atoms with van der Waals surface area (Å²) in [6.45, 7) is 3.84. The van der Waals surface area contributed by atoms with Crippen LogP contribution in [0.5, 0.6) is 0 Å². The van der Waals surface area contributed by atoms with Crippen molar-refractivity contribution >= 4 is 5.97 Å². The molecule has 0 spiro atoms. The molecule has 4 heteroatoms. The summed E-state index contributed by atoms with van der Waals surface area (Å²) in [5.74, 6) is -1.35. The second-order valence-corrected chi connectivity index (χ2v) is 8.34. The maximum Gasteiger partial charge on any atom is 0.310 e. The topological polar surface area (TPSA) is 26.3 Å². The molecule has 2 aliphatic carbocycles. The first-order valence-electron chi connectivity index (χ1n) is 9.78. The molecule has 4 rings (SSSR count). The second-order valence-electron chi connectivity index (χ2n) is 8.34. The van der Waals surface area contributed by atoms with Crippen LogP contribution in [0.25, 0.3) is 11.1 Å². The third kappa shape index (κ3) is 3.36. The highest BCUT2D eigenvalue weighted by Crippen LogP contribution is 2.60. The number of carbonyl (C=O) groups excluding carboxylic acids is 1. The first kappa shape index (κ1) is 18.9. The van der Waals surface area contributed by atoms with Gasteiger partial charge in [-0.3, -0.25) is 4.79 Å². The Balaban J connectivity index is 1.53. The number of esters is 1. The number of ether oxygens (including phenoxy) is 1. The van der Waals surface area contributed by atoms with Crippen LogP contribution in [-0.2, 0) is 29.0 Å². The molecule has 0 aromatic heterocycles. The van der Waals surface area contributed by atoms with Gasteiger partial charge < -0.3 is 4.74 Å². The van der Waals surface area contributed by atoms with Gasteiger partial charge in [0.15, 0.2) is 0 Å². The number of rotatable bonds is 4. The predicted octanol–water partition coefficient (Wildman–Crippen LogP) is 5.94. The zero-order chi connectivity index (χ0) is 19.9. The van der Waals surface area contributed by atoms with Gasteiger partial charge in [0.05, 0.1) is 5.92 Å². The summed E-state index contributed by atoms with van der Waals surface area (Å²) in [6.07, 6.45) is 2.17. The van der Waals surface area contributed by atoms with Crippen LogP contribution in [0.15, 0.2) is 54.6 Å². The molecule has 0 N–H and O–H groups in total. The minimum atomic E-state index is -1.74. The van der Waals surface area contributed by atoms with Crippen molar-refractivity contribution in [3.05, 3.63) is 71.3 Å². The number of fused-ring (bicyclic) bond motifs is 3. The van der Waals surface area contributed by atoms with Crippen molar-refractivity contribution in [3.8, 4) is 11.1 Å². The molecule has 28 heavy (non-hydrogen) atoms. The van der Waals surface area contributed by atoms with Gasteiger partial charge in [0.2, 0.25) is 0 Å². The minimum Gasteiger partial charge on any atom is -0.461 e. The largest absolute Gasteiger partial charge is 0.461 e. The molecule has 2 aromatic rings. The quantitative estimate of drug-likeness (QED) is 0.612. The lowest BCUT2D eigenvalue weighted by Gasteiger charge is -2.14. The van der Waals surface area contributed by atoms with Gasteiger partial charge in [0, 0.05) is 5.92 Å². The molecule has 0 radical (unpaired) electrons. The molecule has 0 bridgehead atoms. The fourth-order valence-corrected chi connectivity index (χ4v) is 4.59. The Labute approximate surface area is 164 Å². The van der Waals surface area contributed by atoms with Gasteiger partial charge >= 0.3 is 5.97 Å². The summed E-state index contributed by atoms with van der Waals surface area (Å²) < 4.78 is 30.8. The highest BCUT2D eigenvalue weighted by atomic mass is 19.3. The van der Waals surface area contributed by atoms with Crippen molar-refractivity contribution in [3.63, 3.8) is 0 Å². The zero-order valence-corrected chi connectivity index (χ0v) is 16.2. The first-order chi connectivity index (χ1) is 13.4. The second kappa shape index (κ2) is 7.16.